The molecule has 1 aliphatic heterocycles. The van der Waals surface area contributed by atoms with Crippen molar-refractivity contribution < 1.29 is 14.7 Å². The average molecular weight is 211 g/mol. The van der Waals surface area contributed by atoms with Crippen LogP contribution in [0.2, 0.25) is 0 Å². The van der Waals surface area contributed by atoms with Gasteiger partial charge in [-0.2, -0.15) is 0 Å². The molecule has 3 unspecified atom stereocenters. The average Bonchev–Trinajstić information content (AvgIpc) is 2.18. The molecule has 4 heteroatoms. The second kappa shape index (κ2) is 3.83. The zero-order chi connectivity index (χ0) is 11.0. The van der Waals surface area contributed by atoms with Gasteiger partial charge in [0.2, 0.25) is 5.91 Å². The molecule has 0 radical (unpaired) electrons. The lowest BCUT2D eigenvalue weighted by molar-refractivity contribution is -0.151. The molecule has 2 fully saturated rings. The second-order valence-electron chi connectivity index (χ2n) is 4.74. The van der Waals surface area contributed by atoms with Crippen LogP contribution < -0.4 is 0 Å². The number of piperidine rings is 1. The van der Waals surface area contributed by atoms with Crippen molar-refractivity contribution in [3.63, 3.8) is 0 Å². The van der Waals surface area contributed by atoms with Gasteiger partial charge in [-0.15, -0.1) is 0 Å². The van der Waals surface area contributed by atoms with Crippen molar-refractivity contribution >= 4 is 11.9 Å². The van der Waals surface area contributed by atoms with Crippen LogP contribution in [0.3, 0.4) is 0 Å². The van der Waals surface area contributed by atoms with Crippen LogP contribution in [-0.4, -0.2) is 34.5 Å². The van der Waals surface area contributed by atoms with E-state index >= 15 is 0 Å². The van der Waals surface area contributed by atoms with E-state index in [4.69, 9.17) is 5.11 Å². The van der Waals surface area contributed by atoms with Gasteiger partial charge >= 0.3 is 5.97 Å². The summed E-state index contributed by atoms with van der Waals surface area (Å²) in [6.45, 7) is 2.55. The van der Waals surface area contributed by atoms with E-state index < -0.39 is 5.97 Å². The van der Waals surface area contributed by atoms with Gasteiger partial charge in [-0.3, -0.25) is 9.59 Å². The molecule has 0 aromatic heterocycles. The lowest BCUT2D eigenvalue weighted by atomic mass is 9.78. The summed E-state index contributed by atoms with van der Waals surface area (Å²) in [5.41, 5.74) is 0. The Morgan fingerprint density at radius 3 is 2.60 bits per heavy atom. The summed E-state index contributed by atoms with van der Waals surface area (Å²) in [6, 6.07) is 0.305. The molecular weight excluding hydrogens is 194 g/mol. The highest BCUT2D eigenvalue weighted by atomic mass is 16.4. The molecule has 1 amide bonds. The van der Waals surface area contributed by atoms with E-state index in [0.29, 0.717) is 31.3 Å². The summed E-state index contributed by atoms with van der Waals surface area (Å²) in [7, 11) is 0. The molecule has 4 nitrogen and oxygen atoms in total. The Bertz CT molecular complexity index is 290. The van der Waals surface area contributed by atoms with Crippen LogP contribution in [0.1, 0.15) is 32.6 Å². The smallest absolute Gasteiger partial charge is 0.308 e. The predicted molar refractivity (Wildman–Crippen MR) is 54.3 cm³/mol. The Hall–Kier alpha value is -1.06. The first-order chi connectivity index (χ1) is 7.09. The molecular formula is C11H17NO3. The number of carboxylic acid groups (broad SMARTS) is 1. The van der Waals surface area contributed by atoms with Crippen molar-refractivity contribution in [2.75, 3.05) is 6.54 Å². The zero-order valence-corrected chi connectivity index (χ0v) is 8.98. The third kappa shape index (κ3) is 1.85. The highest BCUT2D eigenvalue weighted by molar-refractivity contribution is 5.80. The van der Waals surface area contributed by atoms with Crippen LogP contribution in [0.15, 0.2) is 0 Å². The number of nitrogens with zero attached hydrogens (tertiary/aromatic N) is 1. The normalized spacial score (nSPS) is 36.2. The zero-order valence-electron chi connectivity index (χ0n) is 8.98. The number of rotatable bonds is 2. The molecule has 15 heavy (non-hydrogen) atoms. The van der Waals surface area contributed by atoms with Crippen molar-refractivity contribution in [2.45, 2.75) is 38.6 Å². The van der Waals surface area contributed by atoms with Gasteiger partial charge in [-0.05, 0) is 25.2 Å². The molecule has 3 atom stereocenters. The summed E-state index contributed by atoms with van der Waals surface area (Å²) < 4.78 is 0. The van der Waals surface area contributed by atoms with Gasteiger partial charge in [-0.25, -0.2) is 0 Å². The number of hydrogen-bond donors (Lipinski definition) is 1. The maximum atomic E-state index is 11.7. The Balaban J connectivity index is 2.02. The minimum Gasteiger partial charge on any atom is -0.481 e. The lowest BCUT2D eigenvalue weighted by Crippen LogP contribution is -2.53. The fourth-order valence-electron chi connectivity index (χ4n) is 2.51. The number of amides is 1. The van der Waals surface area contributed by atoms with Gasteiger partial charge in [0.15, 0.2) is 0 Å². The minimum absolute atomic E-state index is 0.143. The van der Waals surface area contributed by atoms with Gasteiger partial charge < -0.3 is 10.0 Å². The van der Waals surface area contributed by atoms with E-state index in [1.807, 2.05) is 0 Å². The third-order valence-electron chi connectivity index (χ3n) is 3.77. The van der Waals surface area contributed by atoms with Crippen LogP contribution >= 0.6 is 0 Å². The van der Waals surface area contributed by atoms with E-state index in [0.717, 1.165) is 12.8 Å². The highest BCUT2D eigenvalue weighted by Gasteiger charge is 2.39. The first-order valence-corrected chi connectivity index (χ1v) is 5.62. The Morgan fingerprint density at radius 2 is 2.13 bits per heavy atom. The van der Waals surface area contributed by atoms with Gasteiger partial charge in [-0.1, -0.05) is 6.92 Å². The largest absolute Gasteiger partial charge is 0.481 e. The number of aliphatic carboxylic acids is 1. The summed E-state index contributed by atoms with van der Waals surface area (Å²) in [5, 5.41) is 8.94. The van der Waals surface area contributed by atoms with Crippen molar-refractivity contribution in [1.82, 2.24) is 4.90 Å². The SMILES string of the molecule is CC1CCC1N1CC(C(=O)O)CCC1=O. The molecule has 1 saturated carbocycles. The lowest BCUT2D eigenvalue weighted by Gasteiger charge is -2.45. The summed E-state index contributed by atoms with van der Waals surface area (Å²) >= 11 is 0. The maximum Gasteiger partial charge on any atom is 0.308 e. The van der Waals surface area contributed by atoms with Crippen molar-refractivity contribution in [3.8, 4) is 0 Å². The monoisotopic (exact) mass is 211 g/mol. The number of carboxylic acids is 1. The molecule has 1 N–H and O–H groups in total. The molecule has 1 heterocycles. The van der Waals surface area contributed by atoms with Crippen LogP contribution in [-0.2, 0) is 9.59 Å². The molecule has 84 valence electrons. The van der Waals surface area contributed by atoms with Crippen molar-refractivity contribution in [3.05, 3.63) is 0 Å². The van der Waals surface area contributed by atoms with Crippen molar-refractivity contribution in [1.29, 1.82) is 0 Å². The number of carbonyl (C=O) groups excluding carboxylic acids is 1. The fraction of sp³-hybridized carbons (Fsp3) is 0.818. The third-order valence-corrected chi connectivity index (χ3v) is 3.77. The molecule has 2 aliphatic rings. The number of likely N-dealkylation sites (tertiary alicyclic amines) is 1. The van der Waals surface area contributed by atoms with Crippen LogP contribution in [0.4, 0.5) is 0 Å². The first kappa shape index (κ1) is 10.5. The summed E-state index contributed by atoms with van der Waals surface area (Å²) in [4.78, 5) is 24.4. The van der Waals surface area contributed by atoms with Gasteiger partial charge in [0, 0.05) is 19.0 Å². The highest BCUT2D eigenvalue weighted by Crippen LogP contribution is 2.34. The molecule has 1 saturated heterocycles. The fourth-order valence-corrected chi connectivity index (χ4v) is 2.51. The Morgan fingerprint density at radius 1 is 1.40 bits per heavy atom. The van der Waals surface area contributed by atoms with E-state index in [1.165, 1.54) is 0 Å². The van der Waals surface area contributed by atoms with Gasteiger partial charge in [0.25, 0.3) is 0 Å². The molecule has 0 aromatic rings. The minimum atomic E-state index is -0.764. The van der Waals surface area contributed by atoms with Crippen LogP contribution in [0.5, 0.6) is 0 Å². The summed E-state index contributed by atoms with van der Waals surface area (Å²) in [6.07, 6.45) is 3.11. The first-order valence-electron chi connectivity index (χ1n) is 5.62. The number of hydrogen-bond acceptors (Lipinski definition) is 2. The van der Waals surface area contributed by atoms with Crippen LogP contribution in [0, 0.1) is 11.8 Å². The quantitative estimate of drug-likeness (QED) is 0.744. The molecule has 2 rings (SSSR count). The Labute approximate surface area is 89.3 Å². The standard InChI is InChI=1S/C11H17NO3/c1-7-2-4-9(7)12-6-8(11(14)15)3-5-10(12)13/h7-9H,2-6H2,1H3,(H,14,15). The molecule has 0 spiro atoms. The Kier molecular flexibility index (Phi) is 2.67. The predicted octanol–water partition coefficient (Wildman–Crippen LogP) is 1.11. The molecule has 0 bridgehead atoms. The van der Waals surface area contributed by atoms with Gasteiger partial charge in [0.05, 0.1) is 5.92 Å². The second-order valence-corrected chi connectivity index (χ2v) is 4.74. The summed E-state index contributed by atoms with van der Waals surface area (Å²) in [5.74, 6) is -0.430. The molecule has 0 aromatic carbocycles. The number of carbonyl (C=O) groups is 2. The van der Waals surface area contributed by atoms with E-state index in [1.54, 1.807) is 4.90 Å². The van der Waals surface area contributed by atoms with Crippen molar-refractivity contribution in [2.24, 2.45) is 11.8 Å². The van der Waals surface area contributed by atoms with E-state index in [-0.39, 0.29) is 11.8 Å². The van der Waals surface area contributed by atoms with Crippen LogP contribution in [0.25, 0.3) is 0 Å². The van der Waals surface area contributed by atoms with Gasteiger partial charge in [0.1, 0.15) is 0 Å². The van der Waals surface area contributed by atoms with E-state index in [9.17, 15) is 9.59 Å². The topological polar surface area (TPSA) is 57.6 Å². The molecule has 1 aliphatic carbocycles. The van der Waals surface area contributed by atoms with E-state index in [2.05, 4.69) is 6.92 Å². The maximum absolute atomic E-state index is 11.7.